The van der Waals surface area contributed by atoms with E-state index in [9.17, 15) is 9.59 Å². The van der Waals surface area contributed by atoms with Crippen molar-refractivity contribution in [2.75, 3.05) is 13.6 Å². The van der Waals surface area contributed by atoms with E-state index < -0.39 is 0 Å². The van der Waals surface area contributed by atoms with Gasteiger partial charge in [0.25, 0.3) is 5.91 Å². The summed E-state index contributed by atoms with van der Waals surface area (Å²) < 4.78 is 0. The number of rotatable bonds is 5. The van der Waals surface area contributed by atoms with Crippen molar-refractivity contribution in [1.29, 1.82) is 0 Å². The first-order chi connectivity index (χ1) is 13.3. The summed E-state index contributed by atoms with van der Waals surface area (Å²) in [6.07, 6.45) is 5.50. The summed E-state index contributed by atoms with van der Waals surface area (Å²) in [6, 6.07) is 7.66. The molecule has 3 rings (SSSR count). The van der Waals surface area contributed by atoms with Gasteiger partial charge in [-0.25, -0.2) is 0 Å². The molecule has 1 aromatic rings. The third-order valence-corrected chi connectivity index (χ3v) is 7.23. The number of thioether (sulfide) groups is 1. The van der Waals surface area contributed by atoms with E-state index in [0.717, 1.165) is 42.7 Å². The molecule has 1 aliphatic heterocycles. The molecule has 1 aliphatic carbocycles. The molecule has 0 aromatic heterocycles. The van der Waals surface area contributed by atoms with Crippen LogP contribution in [0.5, 0.6) is 0 Å². The number of benzene rings is 1. The molecule has 2 fully saturated rings. The van der Waals surface area contributed by atoms with Gasteiger partial charge >= 0.3 is 0 Å². The number of fused-ring (bicyclic) bond motifs is 1. The maximum absolute atomic E-state index is 12.9. The quantitative estimate of drug-likeness (QED) is 0.709. The van der Waals surface area contributed by atoms with Crippen molar-refractivity contribution >= 4 is 41.3 Å². The number of carbonyl (C=O) groups is 2. The predicted molar refractivity (Wildman–Crippen MR) is 117 cm³/mol. The first-order valence-corrected chi connectivity index (χ1v) is 11.3. The summed E-state index contributed by atoms with van der Waals surface area (Å²) in [6.45, 7) is 5.05. The van der Waals surface area contributed by atoms with E-state index in [1.165, 1.54) is 0 Å². The normalized spacial score (nSPS) is 26.5. The molecular formula is C22H29ClN2O2S. The first kappa shape index (κ1) is 21.3. The fourth-order valence-corrected chi connectivity index (χ4v) is 5.59. The minimum absolute atomic E-state index is 0.00252. The number of halogens is 1. The van der Waals surface area contributed by atoms with Crippen molar-refractivity contribution < 1.29 is 9.59 Å². The monoisotopic (exact) mass is 420 g/mol. The molecule has 2 aliphatic rings. The van der Waals surface area contributed by atoms with Gasteiger partial charge in [-0.05, 0) is 55.4 Å². The van der Waals surface area contributed by atoms with Crippen molar-refractivity contribution in [2.45, 2.75) is 50.8 Å². The van der Waals surface area contributed by atoms with Crippen LogP contribution in [0.1, 0.15) is 45.1 Å². The Morgan fingerprint density at radius 3 is 2.89 bits per heavy atom. The SMILES string of the molecule is CC(C)CCNC(=O)C1CCC2S/C(=C\c3cccc(Cl)c3)C(=O)N(C)C2C1. The molecule has 4 nitrogen and oxygen atoms in total. The van der Waals surface area contributed by atoms with Gasteiger partial charge < -0.3 is 10.2 Å². The van der Waals surface area contributed by atoms with Gasteiger partial charge in [0, 0.05) is 35.8 Å². The highest BCUT2D eigenvalue weighted by Crippen LogP contribution is 2.43. The lowest BCUT2D eigenvalue weighted by Gasteiger charge is -2.44. The van der Waals surface area contributed by atoms with Gasteiger partial charge in [0.05, 0.1) is 4.91 Å². The second kappa shape index (κ2) is 9.36. The van der Waals surface area contributed by atoms with Gasteiger partial charge in [-0.15, -0.1) is 11.8 Å². The number of hydrogen-bond donors (Lipinski definition) is 1. The average molecular weight is 421 g/mol. The molecule has 1 heterocycles. The molecule has 1 aromatic carbocycles. The molecule has 152 valence electrons. The van der Waals surface area contributed by atoms with Gasteiger partial charge in [-0.1, -0.05) is 37.6 Å². The standard InChI is InChI=1S/C22H29ClN2O2S/c1-14(2)9-10-24-21(26)16-7-8-19-18(13-16)25(3)22(27)20(28-19)12-15-5-4-6-17(23)11-15/h4-6,11-12,14,16,18-19H,7-10,13H2,1-3H3,(H,24,26)/b20-12-. The van der Waals surface area contributed by atoms with Crippen LogP contribution in [0.2, 0.25) is 5.02 Å². The summed E-state index contributed by atoms with van der Waals surface area (Å²) in [5.74, 6) is 0.763. The Bertz CT molecular complexity index is 765. The van der Waals surface area contributed by atoms with Crippen molar-refractivity contribution in [2.24, 2.45) is 11.8 Å². The Kier molecular flexibility index (Phi) is 7.10. The summed E-state index contributed by atoms with van der Waals surface area (Å²) in [7, 11) is 1.87. The van der Waals surface area contributed by atoms with E-state index in [2.05, 4.69) is 19.2 Å². The molecular weight excluding hydrogens is 392 g/mol. The first-order valence-electron chi connectivity index (χ1n) is 10.0. The molecule has 0 bridgehead atoms. The Hall–Kier alpha value is -1.46. The predicted octanol–water partition coefficient (Wildman–Crippen LogP) is 4.59. The summed E-state index contributed by atoms with van der Waals surface area (Å²) in [5, 5.41) is 4.08. The fraction of sp³-hybridized carbons (Fsp3) is 0.545. The Balaban J connectivity index is 1.65. The molecule has 1 saturated carbocycles. The van der Waals surface area contributed by atoms with Crippen molar-refractivity contribution in [1.82, 2.24) is 10.2 Å². The third kappa shape index (κ3) is 5.12. The molecule has 2 amide bonds. The van der Waals surface area contributed by atoms with E-state index in [1.807, 2.05) is 42.3 Å². The Labute approximate surface area is 177 Å². The lowest BCUT2D eigenvalue weighted by atomic mass is 9.83. The van der Waals surface area contributed by atoms with Gasteiger partial charge in [0.15, 0.2) is 0 Å². The van der Waals surface area contributed by atoms with Gasteiger partial charge in [-0.2, -0.15) is 0 Å². The van der Waals surface area contributed by atoms with Crippen LogP contribution < -0.4 is 5.32 Å². The molecule has 1 saturated heterocycles. The highest BCUT2D eigenvalue weighted by molar-refractivity contribution is 8.04. The molecule has 1 N–H and O–H groups in total. The lowest BCUT2D eigenvalue weighted by molar-refractivity contribution is -0.131. The molecule has 28 heavy (non-hydrogen) atoms. The van der Waals surface area contributed by atoms with Crippen LogP contribution in [-0.2, 0) is 9.59 Å². The number of amides is 2. The zero-order valence-electron chi connectivity index (χ0n) is 16.8. The number of likely N-dealkylation sites (N-methyl/N-ethyl adjacent to an activating group) is 1. The topological polar surface area (TPSA) is 49.4 Å². The van der Waals surface area contributed by atoms with Crippen LogP contribution in [-0.4, -0.2) is 41.6 Å². The summed E-state index contributed by atoms with van der Waals surface area (Å²) >= 11 is 7.73. The van der Waals surface area contributed by atoms with Crippen LogP contribution in [0.4, 0.5) is 0 Å². The number of hydrogen-bond acceptors (Lipinski definition) is 3. The Morgan fingerprint density at radius 2 is 2.18 bits per heavy atom. The molecule has 6 heteroatoms. The third-order valence-electron chi connectivity index (χ3n) is 5.60. The minimum atomic E-state index is 0.00252. The number of carbonyl (C=O) groups excluding carboxylic acids is 2. The van der Waals surface area contributed by atoms with Gasteiger partial charge in [-0.3, -0.25) is 9.59 Å². The van der Waals surface area contributed by atoms with Crippen molar-refractivity contribution in [3.63, 3.8) is 0 Å². The van der Waals surface area contributed by atoms with Gasteiger partial charge in [0.2, 0.25) is 5.91 Å². The van der Waals surface area contributed by atoms with Crippen LogP contribution in [0, 0.1) is 11.8 Å². The second-order valence-corrected chi connectivity index (χ2v) is 9.90. The van der Waals surface area contributed by atoms with E-state index in [0.29, 0.717) is 16.2 Å². The van der Waals surface area contributed by atoms with Crippen LogP contribution in [0.3, 0.4) is 0 Å². The second-order valence-electron chi connectivity index (χ2n) is 8.19. The molecule has 0 radical (unpaired) electrons. The highest BCUT2D eigenvalue weighted by Gasteiger charge is 2.42. The zero-order chi connectivity index (χ0) is 20.3. The van der Waals surface area contributed by atoms with Crippen LogP contribution >= 0.6 is 23.4 Å². The van der Waals surface area contributed by atoms with Crippen molar-refractivity contribution in [3.05, 3.63) is 39.8 Å². The van der Waals surface area contributed by atoms with E-state index >= 15 is 0 Å². The van der Waals surface area contributed by atoms with E-state index in [-0.39, 0.29) is 23.8 Å². The zero-order valence-corrected chi connectivity index (χ0v) is 18.4. The average Bonchev–Trinajstić information content (AvgIpc) is 2.65. The molecule has 3 atom stereocenters. The number of nitrogens with zero attached hydrogens (tertiary/aromatic N) is 1. The maximum Gasteiger partial charge on any atom is 0.260 e. The Morgan fingerprint density at radius 1 is 1.39 bits per heavy atom. The molecule has 0 spiro atoms. The smallest absolute Gasteiger partial charge is 0.260 e. The maximum atomic E-state index is 12.9. The molecule has 3 unspecified atom stereocenters. The van der Waals surface area contributed by atoms with E-state index in [4.69, 9.17) is 11.6 Å². The summed E-state index contributed by atoms with van der Waals surface area (Å²) in [4.78, 5) is 28.0. The summed E-state index contributed by atoms with van der Waals surface area (Å²) in [5.41, 5.74) is 0.938. The van der Waals surface area contributed by atoms with Gasteiger partial charge in [0.1, 0.15) is 0 Å². The lowest BCUT2D eigenvalue weighted by Crippen LogP contribution is -2.52. The van der Waals surface area contributed by atoms with Crippen LogP contribution in [0.15, 0.2) is 29.2 Å². The van der Waals surface area contributed by atoms with Crippen LogP contribution in [0.25, 0.3) is 6.08 Å². The fourth-order valence-electron chi connectivity index (χ4n) is 3.91. The number of nitrogens with one attached hydrogen (secondary N) is 1. The largest absolute Gasteiger partial charge is 0.356 e. The van der Waals surface area contributed by atoms with E-state index in [1.54, 1.807) is 11.8 Å². The minimum Gasteiger partial charge on any atom is -0.356 e. The van der Waals surface area contributed by atoms with Crippen molar-refractivity contribution in [3.8, 4) is 0 Å². The highest BCUT2D eigenvalue weighted by atomic mass is 35.5.